The molecule has 1 amide bonds. The number of rotatable bonds is 2. The summed E-state index contributed by atoms with van der Waals surface area (Å²) in [5.74, 6) is 0.0784. The lowest BCUT2D eigenvalue weighted by Crippen LogP contribution is -2.55. The Morgan fingerprint density at radius 1 is 1.62 bits per heavy atom. The zero-order valence-corrected chi connectivity index (χ0v) is 8.16. The second-order valence-corrected chi connectivity index (χ2v) is 3.27. The van der Waals surface area contributed by atoms with Crippen LogP contribution in [0.15, 0.2) is 0 Å². The third-order valence-corrected chi connectivity index (χ3v) is 2.52. The van der Waals surface area contributed by atoms with Crippen LogP contribution in [0.25, 0.3) is 0 Å². The Labute approximate surface area is 78.7 Å². The van der Waals surface area contributed by atoms with Crippen LogP contribution in [0.4, 0.5) is 0 Å². The van der Waals surface area contributed by atoms with E-state index in [2.05, 4.69) is 11.0 Å². The van der Waals surface area contributed by atoms with Crippen LogP contribution in [0.3, 0.4) is 0 Å². The minimum absolute atomic E-state index is 0.0784. The monoisotopic (exact) mass is 181 g/mol. The Morgan fingerprint density at radius 3 is 2.85 bits per heavy atom. The quantitative estimate of drug-likeness (QED) is 0.605. The van der Waals surface area contributed by atoms with E-state index >= 15 is 0 Å². The number of carbonyl (C=O) groups is 1. The average molecular weight is 181 g/mol. The van der Waals surface area contributed by atoms with Crippen molar-refractivity contribution >= 4 is 5.91 Å². The van der Waals surface area contributed by atoms with E-state index in [1.54, 1.807) is 11.9 Å². The first-order valence-electron chi connectivity index (χ1n) is 4.56. The highest BCUT2D eigenvalue weighted by Crippen LogP contribution is 2.12. The molecule has 1 atom stereocenters. The molecule has 1 aliphatic heterocycles. The number of carbonyl (C=O) groups excluding carboxylic acids is 1. The Balaban J connectivity index is 2.70. The average Bonchev–Trinajstić information content (AvgIpc) is 2.14. The van der Waals surface area contributed by atoms with Crippen molar-refractivity contribution in [2.45, 2.75) is 19.4 Å². The minimum Gasteiger partial charge on any atom is -0.343 e. The summed E-state index contributed by atoms with van der Waals surface area (Å²) in [6.45, 7) is 4.51. The fraction of sp³-hybridized carbons (Fsp3) is 0.778. The molecule has 4 nitrogen and oxygen atoms in total. The summed E-state index contributed by atoms with van der Waals surface area (Å²) >= 11 is 0. The highest BCUT2D eigenvalue weighted by Gasteiger charge is 2.31. The van der Waals surface area contributed by atoms with Crippen molar-refractivity contribution < 1.29 is 4.79 Å². The summed E-state index contributed by atoms with van der Waals surface area (Å²) in [4.78, 5) is 15.4. The molecule has 1 fully saturated rings. The second-order valence-electron chi connectivity index (χ2n) is 3.27. The van der Waals surface area contributed by atoms with Crippen LogP contribution in [-0.2, 0) is 4.79 Å². The van der Waals surface area contributed by atoms with Crippen LogP contribution in [0.2, 0.25) is 0 Å². The SMILES string of the molecule is CCN1CCN(C)C(=O)C1CC#N. The van der Waals surface area contributed by atoms with Crippen molar-refractivity contribution in [2.24, 2.45) is 0 Å². The van der Waals surface area contributed by atoms with Gasteiger partial charge in [0.05, 0.1) is 12.5 Å². The molecule has 0 N–H and O–H groups in total. The fourth-order valence-corrected chi connectivity index (χ4v) is 1.64. The smallest absolute Gasteiger partial charge is 0.240 e. The first-order chi connectivity index (χ1) is 6.20. The van der Waals surface area contributed by atoms with E-state index in [4.69, 9.17) is 5.26 Å². The third kappa shape index (κ3) is 1.99. The number of nitrogens with zero attached hydrogens (tertiary/aromatic N) is 3. The molecule has 0 radical (unpaired) electrons. The van der Waals surface area contributed by atoms with E-state index in [1.807, 2.05) is 6.92 Å². The van der Waals surface area contributed by atoms with Crippen molar-refractivity contribution in [3.63, 3.8) is 0 Å². The maximum absolute atomic E-state index is 11.6. The van der Waals surface area contributed by atoms with Gasteiger partial charge in [-0.1, -0.05) is 6.92 Å². The van der Waals surface area contributed by atoms with Gasteiger partial charge in [-0.3, -0.25) is 9.69 Å². The topological polar surface area (TPSA) is 47.3 Å². The number of piperazine rings is 1. The molecule has 0 aromatic heterocycles. The molecule has 0 bridgehead atoms. The normalized spacial score (nSPS) is 24.5. The van der Waals surface area contributed by atoms with Crippen molar-refractivity contribution in [3.8, 4) is 6.07 Å². The molecule has 4 heteroatoms. The van der Waals surface area contributed by atoms with Crippen molar-refractivity contribution in [1.82, 2.24) is 9.80 Å². The first kappa shape index (κ1) is 10.0. The summed E-state index contributed by atoms with van der Waals surface area (Å²) in [7, 11) is 1.79. The van der Waals surface area contributed by atoms with Crippen LogP contribution in [-0.4, -0.2) is 48.4 Å². The number of nitriles is 1. The molecule has 0 aromatic rings. The largest absolute Gasteiger partial charge is 0.343 e. The molecule has 13 heavy (non-hydrogen) atoms. The number of amides is 1. The Hall–Kier alpha value is -1.08. The van der Waals surface area contributed by atoms with Crippen LogP contribution in [0.5, 0.6) is 0 Å². The van der Waals surface area contributed by atoms with Crippen molar-refractivity contribution in [3.05, 3.63) is 0 Å². The van der Waals surface area contributed by atoms with Crippen LogP contribution >= 0.6 is 0 Å². The molecule has 1 saturated heterocycles. The summed E-state index contributed by atoms with van der Waals surface area (Å²) < 4.78 is 0. The third-order valence-electron chi connectivity index (χ3n) is 2.52. The summed E-state index contributed by atoms with van der Waals surface area (Å²) in [6.07, 6.45) is 0.303. The molecule has 1 unspecified atom stereocenters. The van der Waals surface area contributed by atoms with Crippen LogP contribution < -0.4 is 0 Å². The standard InChI is InChI=1S/C9H15N3O/c1-3-12-7-6-11(2)9(13)8(12)4-5-10/h8H,3-4,6-7H2,1-2H3. The number of hydrogen-bond acceptors (Lipinski definition) is 3. The van der Waals surface area contributed by atoms with Gasteiger partial charge in [0.25, 0.3) is 0 Å². The fourth-order valence-electron chi connectivity index (χ4n) is 1.64. The maximum Gasteiger partial charge on any atom is 0.240 e. The van der Waals surface area contributed by atoms with E-state index in [1.165, 1.54) is 0 Å². The summed E-state index contributed by atoms with van der Waals surface area (Å²) in [5, 5.41) is 8.59. The van der Waals surface area contributed by atoms with Crippen LogP contribution in [0, 0.1) is 11.3 Å². The molecule has 0 aliphatic carbocycles. The van der Waals surface area contributed by atoms with E-state index in [0.29, 0.717) is 6.42 Å². The van der Waals surface area contributed by atoms with Gasteiger partial charge in [-0.05, 0) is 6.54 Å². The van der Waals surface area contributed by atoms with Gasteiger partial charge in [0.1, 0.15) is 6.04 Å². The Morgan fingerprint density at radius 2 is 2.31 bits per heavy atom. The molecule has 0 aromatic carbocycles. The molecule has 1 heterocycles. The molecular formula is C9H15N3O. The van der Waals surface area contributed by atoms with Gasteiger partial charge in [-0.2, -0.15) is 5.26 Å². The highest BCUT2D eigenvalue weighted by molar-refractivity contribution is 5.82. The molecule has 72 valence electrons. The predicted molar refractivity (Wildman–Crippen MR) is 48.9 cm³/mol. The predicted octanol–water partition coefficient (Wildman–Crippen LogP) is 0.0626. The van der Waals surface area contributed by atoms with Gasteiger partial charge < -0.3 is 4.90 Å². The maximum atomic E-state index is 11.6. The van der Waals surface area contributed by atoms with E-state index in [0.717, 1.165) is 19.6 Å². The first-order valence-corrected chi connectivity index (χ1v) is 4.56. The molecular weight excluding hydrogens is 166 g/mol. The van der Waals surface area contributed by atoms with Gasteiger partial charge in [0.2, 0.25) is 5.91 Å². The zero-order chi connectivity index (χ0) is 9.84. The van der Waals surface area contributed by atoms with E-state index in [-0.39, 0.29) is 11.9 Å². The Kier molecular flexibility index (Phi) is 3.26. The summed E-state index contributed by atoms with van der Waals surface area (Å²) in [5.41, 5.74) is 0. The molecule has 1 aliphatic rings. The Bertz CT molecular complexity index is 234. The van der Waals surface area contributed by atoms with Crippen LogP contribution in [0.1, 0.15) is 13.3 Å². The minimum atomic E-state index is -0.214. The molecule has 0 saturated carbocycles. The van der Waals surface area contributed by atoms with Gasteiger partial charge in [-0.25, -0.2) is 0 Å². The lowest BCUT2D eigenvalue weighted by molar-refractivity contribution is -0.139. The lowest BCUT2D eigenvalue weighted by Gasteiger charge is -2.37. The molecule has 1 rings (SSSR count). The number of hydrogen-bond donors (Lipinski definition) is 0. The van der Waals surface area contributed by atoms with E-state index < -0.39 is 0 Å². The second kappa shape index (κ2) is 4.24. The van der Waals surface area contributed by atoms with E-state index in [9.17, 15) is 4.79 Å². The summed E-state index contributed by atoms with van der Waals surface area (Å²) in [6, 6.07) is 1.85. The van der Waals surface area contributed by atoms with Gasteiger partial charge in [0, 0.05) is 20.1 Å². The van der Waals surface area contributed by atoms with Gasteiger partial charge in [0.15, 0.2) is 0 Å². The lowest BCUT2D eigenvalue weighted by atomic mass is 10.1. The van der Waals surface area contributed by atoms with Crippen molar-refractivity contribution in [1.29, 1.82) is 5.26 Å². The van der Waals surface area contributed by atoms with Gasteiger partial charge >= 0.3 is 0 Å². The zero-order valence-electron chi connectivity index (χ0n) is 8.16. The number of likely N-dealkylation sites (N-methyl/N-ethyl adjacent to an activating group) is 2. The van der Waals surface area contributed by atoms with Gasteiger partial charge in [-0.15, -0.1) is 0 Å². The molecule has 0 spiro atoms. The highest BCUT2D eigenvalue weighted by atomic mass is 16.2. The van der Waals surface area contributed by atoms with Crippen molar-refractivity contribution in [2.75, 3.05) is 26.7 Å².